The van der Waals surface area contributed by atoms with Crippen molar-refractivity contribution in [3.8, 4) is 0 Å². The summed E-state index contributed by atoms with van der Waals surface area (Å²) in [6.07, 6.45) is 1.55. The Kier molecular flexibility index (Phi) is 4.94. The lowest BCUT2D eigenvalue weighted by Crippen LogP contribution is -2.43. The molecule has 2 N–H and O–H groups in total. The van der Waals surface area contributed by atoms with Crippen molar-refractivity contribution < 1.29 is 5.11 Å². The summed E-state index contributed by atoms with van der Waals surface area (Å²) < 4.78 is 0. The van der Waals surface area contributed by atoms with Crippen molar-refractivity contribution in [1.29, 1.82) is 0 Å². The minimum absolute atomic E-state index is 0.127. The van der Waals surface area contributed by atoms with E-state index in [1.807, 2.05) is 43.3 Å². The average Bonchev–Trinajstić information content (AvgIpc) is 2.47. The molecule has 0 spiro atoms. The maximum atomic E-state index is 10.5. The van der Waals surface area contributed by atoms with Crippen LogP contribution in [0.5, 0.6) is 0 Å². The van der Waals surface area contributed by atoms with Crippen LogP contribution in [0.2, 0.25) is 0 Å². The number of rotatable bonds is 6. The highest BCUT2D eigenvalue weighted by atomic mass is 16.3. The highest BCUT2D eigenvalue weighted by Gasteiger charge is 2.22. The molecule has 106 valence electrons. The zero-order chi connectivity index (χ0) is 14.4. The number of hydrogen-bond donors (Lipinski definition) is 2. The van der Waals surface area contributed by atoms with Crippen molar-refractivity contribution in [3.63, 3.8) is 0 Å². The largest absolute Gasteiger partial charge is 0.376 e. The molecule has 20 heavy (non-hydrogen) atoms. The standard InChI is InChI=1S/C18H23NO/c1-15(17-11-7-4-8-12-17)19-18(2,20)14-13-16-9-5-3-6-10-16/h3-12,15,19-20H,13-14H2,1-2H3. The van der Waals surface area contributed by atoms with Gasteiger partial charge in [-0.1, -0.05) is 60.7 Å². The van der Waals surface area contributed by atoms with Gasteiger partial charge in [-0.05, 0) is 37.8 Å². The molecule has 0 bridgehead atoms. The summed E-state index contributed by atoms with van der Waals surface area (Å²) in [5, 5.41) is 13.8. The molecule has 2 rings (SSSR count). The predicted octanol–water partition coefficient (Wildman–Crippen LogP) is 3.68. The molecular weight excluding hydrogens is 246 g/mol. The molecule has 0 amide bonds. The van der Waals surface area contributed by atoms with Crippen molar-refractivity contribution in [2.24, 2.45) is 0 Å². The van der Waals surface area contributed by atoms with Crippen LogP contribution in [0, 0.1) is 0 Å². The molecule has 0 aliphatic carbocycles. The van der Waals surface area contributed by atoms with Gasteiger partial charge in [-0.3, -0.25) is 5.32 Å². The van der Waals surface area contributed by atoms with Crippen LogP contribution in [-0.2, 0) is 6.42 Å². The molecule has 2 aromatic rings. The van der Waals surface area contributed by atoms with Crippen molar-refractivity contribution in [3.05, 3.63) is 71.8 Å². The first kappa shape index (κ1) is 14.8. The van der Waals surface area contributed by atoms with E-state index in [1.165, 1.54) is 11.1 Å². The predicted molar refractivity (Wildman–Crippen MR) is 83.4 cm³/mol. The van der Waals surface area contributed by atoms with Crippen LogP contribution in [0.25, 0.3) is 0 Å². The SMILES string of the molecule is CC(NC(C)(O)CCc1ccccc1)c1ccccc1. The van der Waals surface area contributed by atoms with Crippen molar-refractivity contribution in [2.45, 2.75) is 38.5 Å². The normalized spacial score (nSPS) is 15.6. The van der Waals surface area contributed by atoms with Crippen LogP contribution in [0.1, 0.15) is 37.4 Å². The molecule has 0 aliphatic rings. The maximum Gasteiger partial charge on any atom is 0.113 e. The highest BCUT2D eigenvalue weighted by molar-refractivity contribution is 5.19. The number of aliphatic hydroxyl groups is 1. The third-order valence-electron chi connectivity index (χ3n) is 3.57. The van der Waals surface area contributed by atoms with E-state index >= 15 is 0 Å². The van der Waals surface area contributed by atoms with E-state index in [4.69, 9.17) is 0 Å². The molecule has 0 radical (unpaired) electrons. The van der Waals surface area contributed by atoms with Crippen LogP contribution in [0.15, 0.2) is 60.7 Å². The molecular formula is C18H23NO. The Bertz CT molecular complexity index is 507. The first-order valence-corrected chi connectivity index (χ1v) is 7.16. The van der Waals surface area contributed by atoms with Crippen molar-refractivity contribution in [1.82, 2.24) is 5.32 Å². The second-order valence-corrected chi connectivity index (χ2v) is 5.54. The van der Waals surface area contributed by atoms with Crippen LogP contribution >= 0.6 is 0 Å². The average molecular weight is 269 g/mol. The summed E-state index contributed by atoms with van der Waals surface area (Å²) in [5.74, 6) is 0. The molecule has 2 nitrogen and oxygen atoms in total. The van der Waals surface area contributed by atoms with Gasteiger partial charge in [-0.15, -0.1) is 0 Å². The van der Waals surface area contributed by atoms with E-state index in [-0.39, 0.29) is 6.04 Å². The molecule has 2 aromatic carbocycles. The first-order chi connectivity index (χ1) is 9.57. The zero-order valence-corrected chi connectivity index (χ0v) is 12.2. The summed E-state index contributed by atoms with van der Waals surface area (Å²) in [6.45, 7) is 3.92. The lowest BCUT2D eigenvalue weighted by atomic mass is 10.0. The zero-order valence-electron chi connectivity index (χ0n) is 12.2. The second kappa shape index (κ2) is 6.69. The maximum absolute atomic E-state index is 10.5. The first-order valence-electron chi connectivity index (χ1n) is 7.16. The van der Waals surface area contributed by atoms with Crippen LogP contribution in [0.3, 0.4) is 0 Å². The molecule has 0 aliphatic heterocycles. The summed E-state index contributed by atoms with van der Waals surface area (Å²) in [5.41, 5.74) is 1.57. The molecule has 0 heterocycles. The van der Waals surface area contributed by atoms with E-state index < -0.39 is 5.72 Å². The molecule has 0 saturated heterocycles. The van der Waals surface area contributed by atoms with Gasteiger partial charge in [0.1, 0.15) is 5.72 Å². The number of benzene rings is 2. The molecule has 0 aromatic heterocycles. The lowest BCUT2D eigenvalue weighted by Gasteiger charge is -2.29. The van der Waals surface area contributed by atoms with Gasteiger partial charge in [0.2, 0.25) is 0 Å². The molecule has 0 fully saturated rings. The molecule has 2 atom stereocenters. The third kappa shape index (κ3) is 4.48. The number of nitrogens with one attached hydrogen (secondary N) is 1. The van der Waals surface area contributed by atoms with E-state index in [1.54, 1.807) is 0 Å². The van der Waals surface area contributed by atoms with Gasteiger partial charge in [0.05, 0.1) is 0 Å². The van der Waals surface area contributed by atoms with E-state index in [2.05, 4.69) is 36.5 Å². The Morgan fingerprint density at radius 1 is 1.00 bits per heavy atom. The summed E-state index contributed by atoms with van der Waals surface area (Å²) >= 11 is 0. The van der Waals surface area contributed by atoms with Gasteiger partial charge in [0.25, 0.3) is 0 Å². The Morgan fingerprint density at radius 2 is 1.55 bits per heavy atom. The van der Waals surface area contributed by atoms with Gasteiger partial charge in [-0.2, -0.15) is 0 Å². The molecule has 2 unspecified atom stereocenters. The quantitative estimate of drug-likeness (QED) is 0.784. The Hall–Kier alpha value is -1.64. The van der Waals surface area contributed by atoms with Crippen LogP contribution in [-0.4, -0.2) is 10.8 Å². The van der Waals surface area contributed by atoms with Crippen molar-refractivity contribution >= 4 is 0 Å². The van der Waals surface area contributed by atoms with Crippen molar-refractivity contribution in [2.75, 3.05) is 0 Å². The molecule has 2 heteroatoms. The summed E-state index contributed by atoms with van der Waals surface area (Å²) in [4.78, 5) is 0. The van der Waals surface area contributed by atoms with Crippen LogP contribution < -0.4 is 5.32 Å². The van der Waals surface area contributed by atoms with Gasteiger partial charge in [0, 0.05) is 6.04 Å². The second-order valence-electron chi connectivity index (χ2n) is 5.54. The lowest BCUT2D eigenvalue weighted by molar-refractivity contribution is 0.00598. The third-order valence-corrected chi connectivity index (χ3v) is 3.57. The van der Waals surface area contributed by atoms with Gasteiger partial charge >= 0.3 is 0 Å². The van der Waals surface area contributed by atoms with Gasteiger partial charge in [0.15, 0.2) is 0 Å². The highest BCUT2D eigenvalue weighted by Crippen LogP contribution is 2.18. The monoisotopic (exact) mass is 269 g/mol. The topological polar surface area (TPSA) is 32.3 Å². The Morgan fingerprint density at radius 3 is 2.15 bits per heavy atom. The Labute approximate surface area is 121 Å². The van der Waals surface area contributed by atoms with Gasteiger partial charge < -0.3 is 5.11 Å². The Balaban J connectivity index is 1.90. The smallest absolute Gasteiger partial charge is 0.113 e. The van der Waals surface area contributed by atoms with E-state index in [0.717, 1.165) is 6.42 Å². The summed E-state index contributed by atoms with van der Waals surface area (Å²) in [7, 11) is 0. The molecule has 0 saturated carbocycles. The van der Waals surface area contributed by atoms with E-state index in [0.29, 0.717) is 6.42 Å². The van der Waals surface area contributed by atoms with Gasteiger partial charge in [-0.25, -0.2) is 0 Å². The number of hydrogen-bond acceptors (Lipinski definition) is 2. The summed E-state index contributed by atoms with van der Waals surface area (Å²) in [6, 6.07) is 20.6. The number of aryl methyl sites for hydroxylation is 1. The minimum atomic E-state index is -0.870. The fraction of sp³-hybridized carbons (Fsp3) is 0.333. The minimum Gasteiger partial charge on any atom is -0.376 e. The van der Waals surface area contributed by atoms with E-state index in [9.17, 15) is 5.11 Å². The fourth-order valence-corrected chi connectivity index (χ4v) is 2.40. The fourth-order valence-electron chi connectivity index (χ4n) is 2.40. The van der Waals surface area contributed by atoms with Crippen LogP contribution in [0.4, 0.5) is 0 Å².